The number of H-pyrrole nitrogens is 1. The van der Waals surface area contributed by atoms with Crippen LogP contribution in [0.3, 0.4) is 0 Å². The number of nitrogens with zero attached hydrogens (tertiary/aromatic N) is 3. The summed E-state index contributed by atoms with van der Waals surface area (Å²) in [4.78, 5) is 28.3. The van der Waals surface area contributed by atoms with Crippen molar-refractivity contribution in [3.63, 3.8) is 0 Å². The minimum atomic E-state index is -0.753. The molecule has 4 aromatic rings. The average Bonchev–Trinajstić information content (AvgIpc) is 3.04. The van der Waals surface area contributed by atoms with Crippen LogP contribution in [0.4, 0.5) is 5.69 Å². The zero-order valence-corrected chi connectivity index (χ0v) is 15.2. The molecule has 28 heavy (non-hydrogen) atoms. The van der Waals surface area contributed by atoms with Crippen LogP contribution in [0.5, 0.6) is 5.75 Å². The standard InChI is InChI=1S/C20H16N4O4/c1-12-16(13-8-10-15(28-2)11-9-13)19-21-17(14-6-4-3-5-7-14)18(24(26)27)20(25)23(19)22-12/h3-11,22H,1-2H3. The van der Waals surface area contributed by atoms with E-state index in [9.17, 15) is 14.9 Å². The zero-order valence-electron chi connectivity index (χ0n) is 15.2. The average molecular weight is 376 g/mol. The summed E-state index contributed by atoms with van der Waals surface area (Å²) in [6.45, 7) is 1.79. The molecule has 8 heteroatoms. The van der Waals surface area contributed by atoms with Crippen LogP contribution in [0.1, 0.15) is 5.69 Å². The van der Waals surface area contributed by atoms with Gasteiger partial charge in [0.15, 0.2) is 11.3 Å². The van der Waals surface area contributed by atoms with Gasteiger partial charge in [0.2, 0.25) is 0 Å². The van der Waals surface area contributed by atoms with E-state index >= 15 is 0 Å². The molecule has 0 unspecified atom stereocenters. The lowest BCUT2D eigenvalue weighted by atomic mass is 10.1. The molecule has 0 atom stereocenters. The van der Waals surface area contributed by atoms with Gasteiger partial charge in [0, 0.05) is 16.8 Å². The molecule has 2 heterocycles. The van der Waals surface area contributed by atoms with Crippen LogP contribution in [0.2, 0.25) is 0 Å². The first-order chi connectivity index (χ1) is 13.5. The predicted molar refractivity (Wildman–Crippen MR) is 105 cm³/mol. The van der Waals surface area contributed by atoms with E-state index in [1.165, 1.54) is 0 Å². The van der Waals surface area contributed by atoms with Crippen molar-refractivity contribution < 1.29 is 9.66 Å². The normalized spacial score (nSPS) is 10.9. The maximum Gasteiger partial charge on any atom is 0.361 e. The monoisotopic (exact) mass is 376 g/mol. The summed E-state index contributed by atoms with van der Waals surface area (Å²) >= 11 is 0. The Balaban J connectivity index is 2.06. The molecule has 0 amide bonds. The Bertz CT molecular complexity index is 1240. The molecule has 0 aliphatic carbocycles. The van der Waals surface area contributed by atoms with Gasteiger partial charge in [-0.1, -0.05) is 42.5 Å². The topological polar surface area (TPSA) is 103 Å². The first-order valence-electron chi connectivity index (χ1n) is 8.51. The van der Waals surface area contributed by atoms with Crippen LogP contribution in [-0.2, 0) is 0 Å². The van der Waals surface area contributed by atoms with Gasteiger partial charge in [-0.15, -0.1) is 0 Å². The maximum atomic E-state index is 12.9. The third-order valence-electron chi connectivity index (χ3n) is 4.55. The van der Waals surface area contributed by atoms with Crippen LogP contribution in [-0.4, -0.2) is 26.6 Å². The highest BCUT2D eigenvalue weighted by atomic mass is 16.6. The molecule has 0 saturated heterocycles. The minimum absolute atomic E-state index is 0.0457. The zero-order chi connectivity index (χ0) is 19.8. The van der Waals surface area contributed by atoms with Crippen LogP contribution < -0.4 is 10.3 Å². The van der Waals surface area contributed by atoms with Crippen LogP contribution in [0.15, 0.2) is 59.4 Å². The fraction of sp³-hybridized carbons (Fsp3) is 0.100. The number of nitrogens with one attached hydrogen (secondary N) is 1. The van der Waals surface area contributed by atoms with E-state index in [1.54, 1.807) is 56.5 Å². The summed E-state index contributed by atoms with van der Waals surface area (Å²) in [5.41, 5.74) is 1.76. The highest BCUT2D eigenvalue weighted by molar-refractivity contribution is 5.83. The third kappa shape index (κ3) is 2.71. The largest absolute Gasteiger partial charge is 0.497 e. The fourth-order valence-corrected chi connectivity index (χ4v) is 3.24. The molecule has 0 spiro atoms. The quantitative estimate of drug-likeness (QED) is 0.433. The third-order valence-corrected chi connectivity index (χ3v) is 4.55. The lowest BCUT2D eigenvalue weighted by molar-refractivity contribution is -0.385. The molecule has 4 rings (SSSR count). The first kappa shape index (κ1) is 17.5. The molecular weight excluding hydrogens is 360 g/mol. The molecule has 1 N–H and O–H groups in total. The number of fused-ring (bicyclic) bond motifs is 1. The molecule has 0 fully saturated rings. The van der Waals surface area contributed by atoms with E-state index < -0.39 is 16.2 Å². The molecule has 140 valence electrons. The summed E-state index contributed by atoms with van der Waals surface area (Å²) in [6.07, 6.45) is 0. The Morgan fingerprint density at radius 2 is 1.75 bits per heavy atom. The number of methoxy groups -OCH3 is 1. The molecule has 8 nitrogen and oxygen atoms in total. The molecule has 0 bridgehead atoms. The van der Waals surface area contributed by atoms with Crippen LogP contribution in [0, 0.1) is 17.0 Å². The van der Waals surface area contributed by atoms with Gasteiger partial charge in [-0.05, 0) is 24.6 Å². The van der Waals surface area contributed by atoms with Crippen molar-refractivity contribution in [1.29, 1.82) is 0 Å². The second kappa shape index (κ2) is 6.66. The van der Waals surface area contributed by atoms with Crippen molar-refractivity contribution in [2.75, 3.05) is 7.11 Å². The Hall–Kier alpha value is -3.94. The number of aromatic amines is 1. The van der Waals surface area contributed by atoms with Crippen molar-refractivity contribution in [3.05, 3.63) is 80.8 Å². The molecule has 2 aromatic heterocycles. The van der Waals surface area contributed by atoms with Gasteiger partial charge < -0.3 is 4.74 Å². The predicted octanol–water partition coefficient (Wildman–Crippen LogP) is 3.58. The van der Waals surface area contributed by atoms with Crippen molar-refractivity contribution in [3.8, 4) is 28.1 Å². The van der Waals surface area contributed by atoms with E-state index in [0.29, 0.717) is 28.2 Å². The first-order valence-corrected chi connectivity index (χ1v) is 8.51. The molecular formula is C20H16N4O4. The number of rotatable bonds is 4. The summed E-state index contributed by atoms with van der Waals surface area (Å²) in [5.74, 6) is 0.701. The van der Waals surface area contributed by atoms with Gasteiger partial charge in [0.05, 0.1) is 12.0 Å². The minimum Gasteiger partial charge on any atom is -0.497 e. The number of hydrogen-bond acceptors (Lipinski definition) is 5. The van der Waals surface area contributed by atoms with E-state index in [2.05, 4.69) is 10.1 Å². The lowest BCUT2D eigenvalue weighted by Crippen LogP contribution is -2.20. The molecule has 2 aromatic carbocycles. The summed E-state index contributed by atoms with van der Waals surface area (Å²) < 4.78 is 6.31. The van der Waals surface area contributed by atoms with Gasteiger partial charge in [-0.3, -0.25) is 20.0 Å². The molecule has 0 aliphatic rings. The van der Waals surface area contributed by atoms with E-state index in [4.69, 9.17) is 4.74 Å². The summed E-state index contributed by atoms with van der Waals surface area (Å²) in [6, 6.07) is 16.0. The Morgan fingerprint density at radius 1 is 1.07 bits per heavy atom. The van der Waals surface area contributed by atoms with Crippen LogP contribution >= 0.6 is 0 Å². The SMILES string of the molecule is COc1ccc(-c2c(C)[nH]n3c(=O)c([N+](=O)[O-])c(-c4ccccc4)nc23)cc1. The molecule has 0 saturated carbocycles. The van der Waals surface area contributed by atoms with Crippen molar-refractivity contribution in [2.45, 2.75) is 6.92 Å². The Kier molecular flexibility index (Phi) is 4.15. The number of aryl methyl sites for hydroxylation is 1. The number of hydrogen-bond donors (Lipinski definition) is 1. The fourth-order valence-electron chi connectivity index (χ4n) is 3.24. The maximum absolute atomic E-state index is 12.9. The molecule has 0 radical (unpaired) electrons. The summed E-state index contributed by atoms with van der Waals surface area (Å²) in [7, 11) is 1.58. The number of ether oxygens (including phenoxy) is 1. The second-order valence-corrected chi connectivity index (χ2v) is 6.24. The number of aromatic nitrogens is 3. The van der Waals surface area contributed by atoms with Gasteiger partial charge in [0.25, 0.3) is 0 Å². The molecule has 0 aliphatic heterocycles. The van der Waals surface area contributed by atoms with Gasteiger partial charge in [0.1, 0.15) is 5.75 Å². The van der Waals surface area contributed by atoms with E-state index in [-0.39, 0.29) is 5.69 Å². The van der Waals surface area contributed by atoms with Crippen molar-refractivity contribution in [2.24, 2.45) is 0 Å². The highest BCUT2D eigenvalue weighted by Crippen LogP contribution is 2.31. The second-order valence-electron chi connectivity index (χ2n) is 6.24. The Labute approximate surface area is 159 Å². The smallest absolute Gasteiger partial charge is 0.361 e. The highest BCUT2D eigenvalue weighted by Gasteiger charge is 2.27. The van der Waals surface area contributed by atoms with Crippen molar-refractivity contribution >= 4 is 11.3 Å². The van der Waals surface area contributed by atoms with Gasteiger partial charge in [-0.25, -0.2) is 4.98 Å². The Morgan fingerprint density at radius 3 is 2.36 bits per heavy atom. The van der Waals surface area contributed by atoms with E-state index in [1.807, 2.05) is 12.1 Å². The number of nitro groups is 1. The number of benzene rings is 2. The van der Waals surface area contributed by atoms with Gasteiger partial charge in [-0.2, -0.15) is 4.52 Å². The lowest BCUT2D eigenvalue weighted by Gasteiger charge is -2.05. The van der Waals surface area contributed by atoms with Crippen molar-refractivity contribution in [1.82, 2.24) is 14.6 Å². The van der Waals surface area contributed by atoms with E-state index in [0.717, 1.165) is 10.1 Å². The summed E-state index contributed by atoms with van der Waals surface area (Å²) in [5, 5.41) is 14.5. The van der Waals surface area contributed by atoms with Crippen LogP contribution in [0.25, 0.3) is 28.0 Å². The van der Waals surface area contributed by atoms with Gasteiger partial charge >= 0.3 is 11.2 Å².